The first-order valence-corrected chi connectivity index (χ1v) is 5.75. The Balaban J connectivity index is 1.86. The number of nitrogens with two attached hydrogens (primary N) is 1. The van der Waals surface area contributed by atoms with E-state index in [4.69, 9.17) is 5.73 Å². The monoisotopic (exact) mass is 221 g/mol. The van der Waals surface area contributed by atoms with Gasteiger partial charge in [-0.1, -0.05) is 0 Å². The van der Waals surface area contributed by atoms with Crippen LogP contribution in [0.25, 0.3) is 0 Å². The summed E-state index contributed by atoms with van der Waals surface area (Å²) in [6, 6.07) is 2.09. The van der Waals surface area contributed by atoms with E-state index in [9.17, 15) is 0 Å². The number of aromatic nitrogens is 2. The molecule has 2 N–H and O–H groups in total. The second-order valence-electron chi connectivity index (χ2n) is 4.31. The maximum atomic E-state index is 5.79. The first kappa shape index (κ1) is 11.3. The van der Waals surface area contributed by atoms with Gasteiger partial charge in [-0.3, -0.25) is 4.90 Å². The molecular weight excluding hydrogens is 202 g/mol. The molecule has 1 fully saturated rings. The zero-order valence-corrected chi connectivity index (χ0v) is 9.71. The first-order valence-electron chi connectivity index (χ1n) is 5.75. The van der Waals surface area contributed by atoms with E-state index in [1.54, 1.807) is 12.4 Å². The average molecular weight is 221 g/mol. The molecule has 1 aliphatic heterocycles. The van der Waals surface area contributed by atoms with Crippen LogP contribution < -0.4 is 10.6 Å². The highest BCUT2D eigenvalue weighted by atomic mass is 15.3. The van der Waals surface area contributed by atoms with Crippen LogP contribution in [0.5, 0.6) is 0 Å². The zero-order valence-electron chi connectivity index (χ0n) is 9.71. The molecule has 0 saturated carbocycles. The molecule has 1 aromatic rings. The number of hydrogen-bond acceptors (Lipinski definition) is 5. The summed E-state index contributed by atoms with van der Waals surface area (Å²) in [5, 5.41) is 0. The second-order valence-corrected chi connectivity index (χ2v) is 4.31. The average Bonchev–Trinajstić information content (AvgIpc) is 2.30. The van der Waals surface area contributed by atoms with Gasteiger partial charge in [-0.05, 0) is 13.0 Å². The lowest BCUT2D eigenvalue weighted by Gasteiger charge is -2.35. The number of rotatable bonds is 3. The van der Waals surface area contributed by atoms with Crippen molar-refractivity contribution in [3.8, 4) is 0 Å². The van der Waals surface area contributed by atoms with Crippen molar-refractivity contribution in [2.75, 3.05) is 37.6 Å². The van der Waals surface area contributed by atoms with Crippen molar-refractivity contribution in [3.05, 3.63) is 18.5 Å². The number of nitrogens with zero attached hydrogens (tertiary/aromatic N) is 4. The van der Waals surface area contributed by atoms with Crippen LogP contribution in [0, 0.1) is 0 Å². The van der Waals surface area contributed by atoms with Crippen molar-refractivity contribution in [3.63, 3.8) is 0 Å². The molecule has 1 atom stereocenters. The maximum absolute atomic E-state index is 5.79. The van der Waals surface area contributed by atoms with Gasteiger partial charge in [0.25, 0.3) is 0 Å². The highest BCUT2D eigenvalue weighted by Crippen LogP contribution is 2.09. The second kappa shape index (κ2) is 5.23. The molecule has 88 valence electrons. The van der Waals surface area contributed by atoms with Crippen LogP contribution in [0.1, 0.15) is 6.92 Å². The molecule has 0 spiro atoms. The standard InChI is InChI=1S/C11H19N5/c1-10(12)9-15-5-7-16(8-6-15)11-13-3-2-4-14-11/h2-4,10H,5-9,12H2,1H3/t10-/m0/s1. The molecule has 1 aromatic heterocycles. The molecule has 0 amide bonds. The Bertz CT molecular complexity index is 305. The van der Waals surface area contributed by atoms with Gasteiger partial charge in [0.1, 0.15) is 0 Å². The number of anilines is 1. The summed E-state index contributed by atoms with van der Waals surface area (Å²) in [6.45, 7) is 7.07. The molecule has 2 rings (SSSR count). The van der Waals surface area contributed by atoms with E-state index in [2.05, 4.69) is 19.8 Å². The van der Waals surface area contributed by atoms with Crippen molar-refractivity contribution in [1.82, 2.24) is 14.9 Å². The predicted molar refractivity (Wildman–Crippen MR) is 64.3 cm³/mol. The van der Waals surface area contributed by atoms with E-state index in [0.717, 1.165) is 38.7 Å². The third-order valence-corrected chi connectivity index (χ3v) is 2.75. The fraction of sp³-hybridized carbons (Fsp3) is 0.636. The summed E-state index contributed by atoms with van der Waals surface area (Å²) in [6.07, 6.45) is 3.58. The summed E-state index contributed by atoms with van der Waals surface area (Å²) in [7, 11) is 0. The Kier molecular flexibility index (Phi) is 3.69. The Labute approximate surface area is 96.3 Å². The Morgan fingerprint density at radius 3 is 2.44 bits per heavy atom. The maximum Gasteiger partial charge on any atom is 0.225 e. The topological polar surface area (TPSA) is 58.3 Å². The van der Waals surface area contributed by atoms with Crippen molar-refractivity contribution < 1.29 is 0 Å². The SMILES string of the molecule is C[C@H](N)CN1CCN(c2ncccn2)CC1. The molecular formula is C11H19N5. The van der Waals surface area contributed by atoms with Crippen molar-refractivity contribution in [2.45, 2.75) is 13.0 Å². The normalized spacial score (nSPS) is 19.8. The molecule has 5 heteroatoms. The third kappa shape index (κ3) is 2.90. The van der Waals surface area contributed by atoms with Crippen LogP contribution in [0.15, 0.2) is 18.5 Å². The van der Waals surface area contributed by atoms with Gasteiger partial charge < -0.3 is 10.6 Å². The van der Waals surface area contributed by atoms with Gasteiger partial charge in [0.05, 0.1) is 0 Å². The minimum absolute atomic E-state index is 0.250. The fourth-order valence-corrected chi connectivity index (χ4v) is 1.99. The van der Waals surface area contributed by atoms with Gasteiger partial charge in [-0.2, -0.15) is 0 Å². The molecule has 1 saturated heterocycles. The van der Waals surface area contributed by atoms with Crippen LogP contribution in [0.4, 0.5) is 5.95 Å². The van der Waals surface area contributed by atoms with E-state index in [-0.39, 0.29) is 6.04 Å². The first-order chi connectivity index (χ1) is 7.75. The van der Waals surface area contributed by atoms with Crippen molar-refractivity contribution in [1.29, 1.82) is 0 Å². The van der Waals surface area contributed by atoms with E-state index in [0.29, 0.717) is 0 Å². The summed E-state index contributed by atoms with van der Waals surface area (Å²) < 4.78 is 0. The zero-order chi connectivity index (χ0) is 11.4. The highest BCUT2D eigenvalue weighted by molar-refractivity contribution is 5.29. The molecule has 16 heavy (non-hydrogen) atoms. The number of piperazine rings is 1. The molecule has 1 aliphatic rings. The molecule has 0 unspecified atom stereocenters. The quantitative estimate of drug-likeness (QED) is 0.775. The minimum atomic E-state index is 0.250. The van der Waals surface area contributed by atoms with Gasteiger partial charge in [-0.15, -0.1) is 0 Å². The van der Waals surface area contributed by atoms with Crippen LogP contribution in [-0.2, 0) is 0 Å². The summed E-state index contributed by atoms with van der Waals surface area (Å²) >= 11 is 0. The highest BCUT2D eigenvalue weighted by Gasteiger charge is 2.18. The van der Waals surface area contributed by atoms with E-state index in [1.807, 2.05) is 13.0 Å². The lowest BCUT2D eigenvalue weighted by atomic mass is 10.2. The Morgan fingerprint density at radius 1 is 1.25 bits per heavy atom. The molecule has 0 aliphatic carbocycles. The smallest absolute Gasteiger partial charge is 0.225 e. The minimum Gasteiger partial charge on any atom is -0.338 e. The predicted octanol–water partition coefficient (Wildman–Crippen LogP) is -0.0542. The summed E-state index contributed by atoms with van der Waals surface area (Å²) in [4.78, 5) is 13.1. The number of hydrogen-bond donors (Lipinski definition) is 1. The van der Waals surface area contributed by atoms with Crippen LogP contribution in [0.3, 0.4) is 0 Å². The van der Waals surface area contributed by atoms with Gasteiger partial charge in [0.2, 0.25) is 5.95 Å². The van der Waals surface area contributed by atoms with Crippen molar-refractivity contribution >= 4 is 5.95 Å². The molecule has 0 radical (unpaired) electrons. The Morgan fingerprint density at radius 2 is 1.88 bits per heavy atom. The van der Waals surface area contributed by atoms with E-state index < -0.39 is 0 Å². The van der Waals surface area contributed by atoms with E-state index in [1.165, 1.54) is 0 Å². The molecule has 2 heterocycles. The van der Waals surface area contributed by atoms with Gasteiger partial charge >= 0.3 is 0 Å². The van der Waals surface area contributed by atoms with Gasteiger partial charge in [0, 0.05) is 51.2 Å². The van der Waals surface area contributed by atoms with Crippen LogP contribution >= 0.6 is 0 Å². The molecule has 5 nitrogen and oxygen atoms in total. The summed E-state index contributed by atoms with van der Waals surface area (Å²) in [5.74, 6) is 0.836. The van der Waals surface area contributed by atoms with Crippen LogP contribution in [-0.4, -0.2) is 53.6 Å². The lowest BCUT2D eigenvalue weighted by Crippen LogP contribution is -2.49. The van der Waals surface area contributed by atoms with Crippen LogP contribution in [0.2, 0.25) is 0 Å². The molecule has 0 bridgehead atoms. The van der Waals surface area contributed by atoms with Gasteiger partial charge in [0.15, 0.2) is 0 Å². The lowest BCUT2D eigenvalue weighted by molar-refractivity contribution is 0.245. The van der Waals surface area contributed by atoms with E-state index >= 15 is 0 Å². The molecule has 0 aromatic carbocycles. The summed E-state index contributed by atoms with van der Waals surface area (Å²) in [5.41, 5.74) is 5.79. The van der Waals surface area contributed by atoms with Gasteiger partial charge in [-0.25, -0.2) is 9.97 Å². The van der Waals surface area contributed by atoms with Crippen molar-refractivity contribution in [2.24, 2.45) is 5.73 Å². The largest absolute Gasteiger partial charge is 0.338 e. The fourth-order valence-electron chi connectivity index (χ4n) is 1.99. The third-order valence-electron chi connectivity index (χ3n) is 2.75. The Hall–Kier alpha value is -1.20.